The number of nitrogens with one attached hydrogen (secondary N) is 1. The number of nitrogens with zero attached hydrogens (tertiary/aromatic N) is 1. The quantitative estimate of drug-likeness (QED) is 0.360. The molecule has 0 atom stereocenters. The number of ether oxygens (including phenoxy) is 2. The van der Waals surface area contributed by atoms with Gasteiger partial charge >= 0.3 is 5.97 Å². The Balaban J connectivity index is 1.59. The lowest BCUT2D eigenvalue weighted by atomic mass is 10.1. The van der Waals surface area contributed by atoms with Crippen LogP contribution in [0.2, 0.25) is 0 Å². The van der Waals surface area contributed by atoms with Crippen LogP contribution in [0, 0.1) is 11.3 Å². The van der Waals surface area contributed by atoms with E-state index in [1.54, 1.807) is 60.7 Å². The van der Waals surface area contributed by atoms with E-state index in [4.69, 9.17) is 14.6 Å². The summed E-state index contributed by atoms with van der Waals surface area (Å²) in [5.41, 5.74) is 2.25. The van der Waals surface area contributed by atoms with Crippen molar-refractivity contribution in [3.63, 3.8) is 0 Å². The van der Waals surface area contributed by atoms with Gasteiger partial charge in [-0.1, -0.05) is 24.3 Å². The second-order valence-electron chi connectivity index (χ2n) is 6.94. The molecule has 3 aromatic rings. The molecule has 3 aromatic carbocycles. The third-order valence-corrected chi connectivity index (χ3v) is 4.59. The average molecular weight is 442 g/mol. The van der Waals surface area contributed by atoms with E-state index in [0.29, 0.717) is 29.4 Å². The average Bonchev–Trinajstić information content (AvgIpc) is 2.83. The normalized spacial score (nSPS) is 10.7. The van der Waals surface area contributed by atoms with Crippen LogP contribution in [0.3, 0.4) is 0 Å². The summed E-state index contributed by atoms with van der Waals surface area (Å²) in [7, 11) is 0. The van der Waals surface area contributed by atoms with Gasteiger partial charge in [0.15, 0.2) is 0 Å². The predicted molar refractivity (Wildman–Crippen MR) is 124 cm³/mol. The van der Waals surface area contributed by atoms with Crippen molar-refractivity contribution >= 4 is 23.6 Å². The first-order valence-corrected chi connectivity index (χ1v) is 10.2. The Bertz CT molecular complexity index is 1180. The van der Waals surface area contributed by atoms with Gasteiger partial charge in [-0.2, -0.15) is 5.26 Å². The Morgan fingerprint density at radius 3 is 2.12 bits per heavy atom. The summed E-state index contributed by atoms with van der Waals surface area (Å²) in [6.45, 7) is 2.72. The van der Waals surface area contributed by atoms with Crippen molar-refractivity contribution in [2.75, 3.05) is 11.9 Å². The monoisotopic (exact) mass is 442 g/mol. The standard InChI is InChI=1S/C26H22N2O5/c1-2-32-23-13-9-22(10-14-23)28-25(29)21(16-27)15-18-5-11-24(12-6-18)33-17-19-3-7-20(8-4-19)26(30)31/h3-15H,2,17H2,1H3,(H,28,29)(H,30,31)/b21-15+. The van der Waals surface area contributed by atoms with E-state index in [-0.39, 0.29) is 17.7 Å². The molecule has 0 unspecified atom stereocenters. The number of carboxylic acids is 1. The molecular weight excluding hydrogens is 420 g/mol. The van der Waals surface area contributed by atoms with Crippen molar-refractivity contribution in [3.05, 3.63) is 95.1 Å². The molecule has 0 bridgehead atoms. The molecule has 7 nitrogen and oxygen atoms in total. The molecule has 2 N–H and O–H groups in total. The Kier molecular flexibility index (Phi) is 7.81. The molecule has 0 spiro atoms. The van der Waals surface area contributed by atoms with E-state index in [9.17, 15) is 14.9 Å². The van der Waals surface area contributed by atoms with E-state index >= 15 is 0 Å². The van der Waals surface area contributed by atoms with Crippen molar-refractivity contribution in [3.8, 4) is 17.6 Å². The second-order valence-corrected chi connectivity index (χ2v) is 6.94. The van der Waals surface area contributed by atoms with Crippen LogP contribution < -0.4 is 14.8 Å². The minimum Gasteiger partial charge on any atom is -0.494 e. The Labute approximate surface area is 191 Å². The van der Waals surface area contributed by atoms with Crippen LogP contribution in [0.25, 0.3) is 6.08 Å². The van der Waals surface area contributed by atoms with Crippen LogP contribution in [0.15, 0.2) is 78.4 Å². The predicted octanol–water partition coefficient (Wildman–Crippen LogP) is 4.91. The van der Waals surface area contributed by atoms with Crippen LogP contribution in [-0.2, 0) is 11.4 Å². The molecule has 0 aliphatic carbocycles. The summed E-state index contributed by atoms with van der Waals surface area (Å²) in [6.07, 6.45) is 1.50. The molecule has 1 amide bonds. The van der Waals surface area contributed by atoms with E-state index in [1.807, 2.05) is 13.0 Å². The first-order chi connectivity index (χ1) is 16.0. The lowest BCUT2D eigenvalue weighted by Crippen LogP contribution is -2.13. The number of hydrogen-bond donors (Lipinski definition) is 2. The maximum atomic E-state index is 12.5. The molecule has 0 saturated heterocycles. The molecule has 3 rings (SSSR count). The SMILES string of the molecule is CCOc1ccc(NC(=O)/C(C#N)=C/c2ccc(OCc3ccc(C(=O)O)cc3)cc2)cc1. The lowest BCUT2D eigenvalue weighted by molar-refractivity contribution is -0.112. The third kappa shape index (κ3) is 6.71. The Hall–Kier alpha value is -4.57. The van der Waals surface area contributed by atoms with Gasteiger partial charge in [0.1, 0.15) is 29.7 Å². The van der Waals surface area contributed by atoms with E-state index in [0.717, 1.165) is 5.56 Å². The third-order valence-electron chi connectivity index (χ3n) is 4.59. The minimum absolute atomic E-state index is 0.0314. The maximum absolute atomic E-state index is 12.5. The number of carbonyl (C=O) groups excluding carboxylic acids is 1. The molecule has 7 heteroatoms. The van der Waals surface area contributed by atoms with E-state index in [2.05, 4.69) is 5.32 Å². The van der Waals surface area contributed by atoms with Crippen molar-refractivity contribution in [1.82, 2.24) is 0 Å². The fourth-order valence-corrected chi connectivity index (χ4v) is 2.89. The summed E-state index contributed by atoms with van der Waals surface area (Å²) in [5.74, 6) is -0.180. The molecule has 0 saturated carbocycles. The van der Waals surface area contributed by atoms with Crippen LogP contribution in [0.4, 0.5) is 5.69 Å². The lowest BCUT2D eigenvalue weighted by Gasteiger charge is -2.08. The zero-order valence-electron chi connectivity index (χ0n) is 17.9. The summed E-state index contributed by atoms with van der Waals surface area (Å²) >= 11 is 0. The largest absolute Gasteiger partial charge is 0.494 e. The smallest absolute Gasteiger partial charge is 0.335 e. The first-order valence-electron chi connectivity index (χ1n) is 10.2. The van der Waals surface area contributed by atoms with Crippen LogP contribution in [0.5, 0.6) is 11.5 Å². The Morgan fingerprint density at radius 2 is 1.55 bits per heavy atom. The highest BCUT2D eigenvalue weighted by Crippen LogP contribution is 2.19. The number of benzene rings is 3. The molecule has 166 valence electrons. The molecule has 0 fully saturated rings. The molecule has 0 aliphatic rings. The van der Waals surface area contributed by atoms with Crippen LogP contribution in [0.1, 0.15) is 28.4 Å². The Morgan fingerprint density at radius 1 is 0.939 bits per heavy atom. The minimum atomic E-state index is -0.976. The summed E-state index contributed by atoms with van der Waals surface area (Å²) in [6, 6.07) is 22.2. The highest BCUT2D eigenvalue weighted by molar-refractivity contribution is 6.09. The number of hydrogen-bond acceptors (Lipinski definition) is 5. The maximum Gasteiger partial charge on any atom is 0.335 e. The fourth-order valence-electron chi connectivity index (χ4n) is 2.89. The first kappa shape index (κ1) is 23.1. The van der Waals surface area contributed by atoms with Gasteiger partial charge in [-0.3, -0.25) is 4.79 Å². The molecular formula is C26H22N2O5. The number of amides is 1. The molecule has 33 heavy (non-hydrogen) atoms. The van der Waals surface area contributed by atoms with Gasteiger partial charge in [0.05, 0.1) is 12.2 Å². The zero-order chi connectivity index (χ0) is 23.6. The number of carboxylic acid groups (broad SMARTS) is 1. The van der Waals surface area contributed by atoms with Gasteiger partial charge in [-0.25, -0.2) is 4.79 Å². The van der Waals surface area contributed by atoms with Gasteiger partial charge in [0.25, 0.3) is 5.91 Å². The van der Waals surface area contributed by atoms with Gasteiger partial charge in [-0.15, -0.1) is 0 Å². The van der Waals surface area contributed by atoms with Gasteiger partial charge in [0, 0.05) is 5.69 Å². The van der Waals surface area contributed by atoms with Crippen molar-refractivity contribution in [2.45, 2.75) is 13.5 Å². The molecule has 0 radical (unpaired) electrons. The van der Waals surface area contributed by atoms with Crippen molar-refractivity contribution in [2.24, 2.45) is 0 Å². The number of nitriles is 1. The van der Waals surface area contributed by atoms with Crippen molar-refractivity contribution < 1.29 is 24.2 Å². The van der Waals surface area contributed by atoms with Gasteiger partial charge < -0.3 is 19.9 Å². The number of anilines is 1. The van der Waals surface area contributed by atoms with E-state index < -0.39 is 11.9 Å². The number of rotatable bonds is 9. The zero-order valence-corrected chi connectivity index (χ0v) is 17.9. The van der Waals surface area contributed by atoms with E-state index in [1.165, 1.54) is 18.2 Å². The number of aromatic carboxylic acids is 1. The fraction of sp³-hybridized carbons (Fsp3) is 0.115. The molecule has 0 aliphatic heterocycles. The topological polar surface area (TPSA) is 109 Å². The summed E-state index contributed by atoms with van der Waals surface area (Å²) < 4.78 is 11.1. The van der Waals surface area contributed by atoms with Crippen LogP contribution in [-0.4, -0.2) is 23.6 Å². The van der Waals surface area contributed by atoms with Crippen LogP contribution >= 0.6 is 0 Å². The summed E-state index contributed by atoms with van der Waals surface area (Å²) in [5, 5.41) is 21.0. The van der Waals surface area contributed by atoms with Gasteiger partial charge in [0.2, 0.25) is 0 Å². The van der Waals surface area contributed by atoms with Gasteiger partial charge in [-0.05, 0) is 72.7 Å². The number of carbonyl (C=O) groups is 2. The second kappa shape index (κ2) is 11.2. The molecule has 0 heterocycles. The molecule has 0 aromatic heterocycles. The van der Waals surface area contributed by atoms with Crippen molar-refractivity contribution in [1.29, 1.82) is 5.26 Å². The summed E-state index contributed by atoms with van der Waals surface area (Å²) in [4.78, 5) is 23.4. The highest BCUT2D eigenvalue weighted by atomic mass is 16.5. The highest BCUT2D eigenvalue weighted by Gasteiger charge is 2.10.